The van der Waals surface area contributed by atoms with Gasteiger partial charge in [-0.25, -0.2) is 0 Å². The summed E-state index contributed by atoms with van der Waals surface area (Å²) in [6, 6.07) is 0.346. The van der Waals surface area contributed by atoms with Crippen LogP contribution in [0.4, 0.5) is 0 Å². The van der Waals surface area contributed by atoms with Gasteiger partial charge in [0.15, 0.2) is 0 Å². The molecule has 1 heterocycles. The lowest BCUT2D eigenvalue weighted by Crippen LogP contribution is -2.46. The van der Waals surface area contributed by atoms with Crippen LogP contribution in [0, 0.1) is 0 Å². The third-order valence-electron chi connectivity index (χ3n) is 2.45. The van der Waals surface area contributed by atoms with Crippen molar-refractivity contribution in [3.05, 3.63) is 0 Å². The maximum Gasteiger partial charge on any atom is 0.221 e. The minimum Gasteiger partial charge on any atom is -0.352 e. The van der Waals surface area contributed by atoms with Gasteiger partial charge >= 0.3 is 0 Å². The molecular formula is C10H21N3O. The van der Waals surface area contributed by atoms with Gasteiger partial charge in [0, 0.05) is 25.6 Å². The Morgan fingerprint density at radius 2 is 2.36 bits per heavy atom. The van der Waals surface area contributed by atoms with E-state index in [0.29, 0.717) is 12.5 Å². The molecule has 1 aliphatic heterocycles. The van der Waals surface area contributed by atoms with Gasteiger partial charge in [-0.3, -0.25) is 4.79 Å². The van der Waals surface area contributed by atoms with Crippen molar-refractivity contribution in [1.82, 2.24) is 15.5 Å². The Morgan fingerprint density at radius 1 is 1.57 bits per heavy atom. The van der Waals surface area contributed by atoms with Crippen molar-refractivity contribution in [1.29, 1.82) is 0 Å². The highest BCUT2D eigenvalue weighted by Crippen LogP contribution is 2.01. The summed E-state index contributed by atoms with van der Waals surface area (Å²) in [5, 5.41) is 6.33. The molecule has 0 radical (unpaired) electrons. The van der Waals surface area contributed by atoms with E-state index in [0.717, 1.165) is 26.1 Å². The smallest absolute Gasteiger partial charge is 0.221 e. The number of hydrogen-bond donors (Lipinski definition) is 2. The summed E-state index contributed by atoms with van der Waals surface area (Å²) in [6.45, 7) is 2.84. The zero-order valence-electron chi connectivity index (χ0n) is 9.18. The third kappa shape index (κ3) is 4.58. The molecule has 82 valence electrons. The van der Waals surface area contributed by atoms with Gasteiger partial charge in [0.05, 0.1) is 0 Å². The molecule has 0 saturated carbocycles. The monoisotopic (exact) mass is 199 g/mol. The molecule has 2 N–H and O–H groups in total. The number of amides is 1. The zero-order valence-corrected chi connectivity index (χ0v) is 9.18. The van der Waals surface area contributed by atoms with Crippen LogP contribution in [0.25, 0.3) is 0 Å². The third-order valence-corrected chi connectivity index (χ3v) is 2.45. The topological polar surface area (TPSA) is 44.4 Å². The molecule has 0 aromatic rings. The van der Waals surface area contributed by atoms with Gasteiger partial charge in [-0.2, -0.15) is 0 Å². The van der Waals surface area contributed by atoms with Gasteiger partial charge in [0.25, 0.3) is 0 Å². The van der Waals surface area contributed by atoms with Crippen LogP contribution in [0.15, 0.2) is 0 Å². The fourth-order valence-corrected chi connectivity index (χ4v) is 1.60. The van der Waals surface area contributed by atoms with Crippen molar-refractivity contribution in [2.75, 3.05) is 33.7 Å². The van der Waals surface area contributed by atoms with Crippen molar-refractivity contribution in [3.8, 4) is 0 Å². The maximum absolute atomic E-state index is 11.5. The molecule has 0 spiro atoms. The lowest BCUT2D eigenvalue weighted by atomic mass is 10.1. The minimum absolute atomic E-state index is 0.174. The van der Waals surface area contributed by atoms with Gasteiger partial charge in [-0.1, -0.05) is 0 Å². The Labute approximate surface area is 86.0 Å². The predicted molar refractivity (Wildman–Crippen MR) is 57.2 cm³/mol. The number of piperidine rings is 1. The molecular weight excluding hydrogens is 178 g/mol. The maximum atomic E-state index is 11.5. The second-order valence-electron chi connectivity index (χ2n) is 4.16. The Kier molecular flexibility index (Phi) is 4.90. The summed E-state index contributed by atoms with van der Waals surface area (Å²) in [6.07, 6.45) is 2.88. The molecule has 1 unspecified atom stereocenters. The molecule has 0 aliphatic carbocycles. The van der Waals surface area contributed by atoms with E-state index < -0.39 is 0 Å². The standard InChI is InChI=1S/C10H21N3O/c1-13(2)7-5-10(14)12-9-4-3-6-11-8-9/h9,11H,3-8H2,1-2H3,(H,12,14). The Bertz CT molecular complexity index is 176. The van der Waals surface area contributed by atoms with Crippen LogP contribution < -0.4 is 10.6 Å². The minimum atomic E-state index is 0.174. The van der Waals surface area contributed by atoms with Crippen molar-refractivity contribution < 1.29 is 4.79 Å². The van der Waals surface area contributed by atoms with Crippen molar-refractivity contribution in [2.24, 2.45) is 0 Å². The summed E-state index contributed by atoms with van der Waals surface area (Å²) in [4.78, 5) is 13.5. The van der Waals surface area contributed by atoms with Crippen LogP contribution in [-0.2, 0) is 4.79 Å². The molecule has 4 nitrogen and oxygen atoms in total. The van der Waals surface area contributed by atoms with Crippen LogP contribution in [0.3, 0.4) is 0 Å². The molecule has 1 atom stereocenters. The van der Waals surface area contributed by atoms with E-state index in [9.17, 15) is 4.79 Å². The molecule has 1 saturated heterocycles. The quantitative estimate of drug-likeness (QED) is 0.659. The molecule has 1 fully saturated rings. The molecule has 1 amide bonds. The Morgan fingerprint density at radius 3 is 2.93 bits per heavy atom. The fraction of sp³-hybridized carbons (Fsp3) is 0.900. The second-order valence-corrected chi connectivity index (χ2v) is 4.16. The second kappa shape index (κ2) is 5.98. The van der Waals surface area contributed by atoms with Crippen LogP contribution >= 0.6 is 0 Å². The number of nitrogens with zero attached hydrogens (tertiary/aromatic N) is 1. The first-order valence-electron chi connectivity index (χ1n) is 5.33. The molecule has 1 rings (SSSR count). The van der Waals surface area contributed by atoms with E-state index in [1.165, 1.54) is 6.42 Å². The molecule has 4 heteroatoms. The lowest BCUT2D eigenvalue weighted by Gasteiger charge is -2.24. The summed E-state index contributed by atoms with van der Waals surface area (Å²) in [5.74, 6) is 0.174. The Hall–Kier alpha value is -0.610. The zero-order chi connectivity index (χ0) is 10.4. The summed E-state index contributed by atoms with van der Waals surface area (Å²) >= 11 is 0. The van der Waals surface area contributed by atoms with Crippen LogP contribution in [0.5, 0.6) is 0 Å². The number of nitrogens with one attached hydrogen (secondary N) is 2. The van der Waals surface area contributed by atoms with Gasteiger partial charge in [0.1, 0.15) is 0 Å². The predicted octanol–water partition coefficient (Wildman–Crippen LogP) is -0.194. The Balaban J connectivity index is 2.12. The normalized spacial score (nSPS) is 22.4. The van der Waals surface area contributed by atoms with Crippen LogP contribution in [0.1, 0.15) is 19.3 Å². The van der Waals surface area contributed by atoms with E-state index in [4.69, 9.17) is 0 Å². The van der Waals surface area contributed by atoms with E-state index in [-0.39, 0.29) is 5.91 Å². The van der Waals surface area contributed by atoms with Crippen molar-refractivity contribution >= 4 is 5.91 Å². The highest BCUT2D eigenvalue weighted by molar-refractivity contribution is 5.76. The first kappa shape index (κ1) is 11.5. The molecule has 14 heavy (non-hydrogen) atoms. The first-order valence-corrected chi connectivity index (χ1v) is 5.33. The van der Waals surface area contributed by atoms with Crippen molar-refractivity contribution in [3.63, 3.8) is 0 Å². The highest BCUT2D eigenvalue weighted by atomic mass is 16.1. The summed E-state index contributed by atoms with van der Waals surface area (Å²) in [7, 11) is 3.96. The number of rotatable bonds is 4. The van der Waals surface area contributed by atoms with E-state index in [1.807, 2.05) is 19.0 Å². The van der Waals surface area contributed by atoms with Crippen molar-refractivity contribution in [2.45, 2.75) is 25.3 Å². The fourth-order valence-electron chi connectivity index (χ4n) is 1.60. The van der Waals surface area contributed by atoms with Gasteiger partial charge in [-0.15, -0.1) is 0 Å². The average molecular weight is 199 g/mol. The number of carbonyl (C=O) groups excluding carboxylic acids is 1. The van der Waals surface area contributed by atoms with Gasteiger partial charge in [-0.05, 0) is 33.5 Å². The number of hydrogen-bond acceptors (Lipinski definition) is 3. The van der Waals surface area contributed by atoms with E-state index >= 15 is 0 Å². The molecule has 0 aromatic heterocycles. The number of carbonyl (C=O) groups is 1. The molecule has 0 bridgehead atoms. The SMILES string of the molecule is CN(C)CCC(=O)NC1CCCNC1. The molecule has 1 aliphatic rings. The van der Waals surface area contributed by atoms with Crippen LogP contribution in [0.2, 0.25) is 0 Å². The summed E-state index contributed by atoms with van der Waals surface area (Å²) in [5.41, 5.74) is 0. The largest absolute Gasteiger partial charge is 0.352 e. The summed E-state index contributed by atoms with van der Waals surface area (Å²) < 4.78 is 0. The molecule has 0 aromatic carbocycles. The highest BCUT2D eigenvalue weighted by Gasteiger charge is 2.14. The van der Waals surface area contributed by atoms with Gasteiger partial charge in [0.2, 0.25) is 5.91 Å². The lowest BCUT2D eigenvalue weighted by molar-refractivity contribution is -0.122. The van der Waals surface area contributed by atoms with E-state index in [2.05, 4.69) is 10.6 Å². The average Bonchev–Trinajstić information content (AvgIpc) is 2.16. The van der Waals surface area contributed by atoms with Crippen LogP contribution in [-0.4, -0.2) is 50.6 Å². The van der Waals surface area contributed by atoms with Gasteiger partial charge < -0.3 is 15.5 Å². The van der Waals surface area contributed by atoms with E-state index in [1.54, 1.807) is 0 Å². The first-order chi connectivity index (χ1) is 6.68.